The lowest BCUT2D eigenvalue weighted by Crippen LogP contribution is -2.12. The Morgan fingerprint density at radius 2 is 1.73 bits per heavy atom. The largest absolute Gasteiger partial charge is 0.440 e. The number of rotatable bonds is 8. The molecule has 4 rings (SSSR count). The molecule has 0 saturated carbocycles. The maximum Gasteiger partial charge on any atom is 0.226 e. The van der Waals surface area contributed by atoms with Crippen LogP contribution < -0.4 is 5.32 Å². The average molecular weight is 437 g/mol. The molecule has 4 aromatic rings. The summed E-state index contributed by atoms with van der Waals surface area (Å²) in [5.74, 6) is 2.02. The molecule has 1 N–H and O–H groups in total. The first-order valence-electron chi connectivity index (χ1n) is 9.59. The van der Waals surface area contributed by atoms with Crippen LogP contribution in [0.5, 0.6) is 0 Å². The van der Waals surface area contributed by atoms with Gasteiger partial charge in [-0.15, -0.1) is 10.2 Å². The quantitative estimate of drug-likeness (QED) is 0.288. The summed E-state index contributed by atoms with van der Waals surface area (Å²) in [4.78, 5) is 17.0. The molecule has 1 amide bonds. The van der Waals surface area contributed by atoms with Crippen LogP contribution in [-0.4, -0.2) is 26.8 Å². The standard InChI is InChI=1S/C22H20N4O2S2/c1-2-29-22-26-25-21(30-22)23-17(27)13-14-18-24-19(15-9-5-3-6-10-15)20(28-18)16-11-7-4-8-12-16/h3-12H,2,13-14H2,1H3,(H,23,25,27). The van der Waals surface area contributed by atoms with Crippen molar-refractivity contribution in [1.82, 2.24) is 15.2 Å². The van der Waals surface area contributed by atoms with Crippen LogP contribution in [0.1, 0.15) is 19.2 Å². The molecule has 0 saturated heterocycles. The Hall–Kier alpha value is -2.97. The number of carbonyl (C=O) groups is 1. The molecular weight excluding hydrogens is 416 g/mol. The van der Waals surface area contributed by atoms with E-state index in [0.29, 0.717) is 23.2 Å². The van der Waals surface area contributed by atoms with Crippen LogP contribution in [0.4, 0.5) is 5.13 Å². The minimum atomic E-state index is -0.139. The van der Waals surface area contributed by atoms with Gasteiger partial charge in [0.15, 0.2) is 16.0 Å². The number of hydrogen-bond donors (Lipinski definition) is 1. The van der Waals surface area contributed by atoms with Gasteiger partial charge in [0.2, 0.25) is 11.0 Å². The van der Waals surface area contributed by atoms with E-state index in [1.165, 1.54) is 11.3 Å². The molecule has 2 aromatic heterocycles. The third-order valence-electron chi connectivity index (χ3n) is 4.24. The molecule has 0 bridgehead atoms. The van der Waals surface area contributed by atoms with E-state index in [1.54, 1.807) is 11.8 Å². The summed E-state index contributed by atoms with van der Waals surface area (Å²) in [6.07, 6.45) is 0.646. The highest BCUT2D eigenvalue weighted by Crippen LogP contribution is 2.33. The molecule has 0 radical (unpaired) electrons. The van der Waals surface area contributed by atoms with Crippen molar-refractivity contribution in [3.8, 4) is 22.6 Å². The van der Waals surface area contributed by atoms with E-state index in [2.05, 4.69) is 20.5 Å². The summed E-state index contributed by atoms with van der Waals surface area (Å²) in [6.45, 7) is 2.05. The van der Waals surface area contributed by atoms with Gasteiger partial charge in [-0.25, -0.2) is 4.98 Å². The predicted molar refractivity (Wildman–Crippen MR) is 121 cm³/mol. The highest BCUT2D eigenvalue weighted by molar-refractivity contribution is 8.01. The van der Waals surface area contributed by atoms with Gasteiger partial charge in [-0.1, -0.05) is 90.7 Å². The third-order valence-corrected chi connectivity index (χ3v) is 6.10. The zero-order valence-electron chi connectivity index (χ0n) is 16.4. The first-order chi connectivity index (χ1) is 14.7. The van der Waals surface area contributed by atoms with E-state index in [0.717, 1.165) is 26.9 Å². The minimum absolute atomic E-state index is 0.139. The Morgan fingerprint density at radius 1 is 1.03 bits per heavy atom. The molecule has 30 heavy (non-hydrogen) atoms. The topological polar surface area (TPSA) is 80.9 Å². The molecule has 8 heteroatoms. The van der Waals surface area contributed by atoms with Gasteiger partial charge in [0.1, 0.15) is 5.69 Å². The highest BCUT2D eigenvalue weighted by Gasteiger charge is 2.18. The van der Waals surface area contributed by atoms with Gasteiger partial charge in [-0.2, -0.15) is 0 Å². The number of benzene rings is 2. The lowest BCUT2D eigenvalue weighted by Gasteiger charge is -2.00. The molecule has 0 fully saturated rings. The van der Waals surface area contributed by atoms with E-state index in [-0.39, 0.29) is 12.3 Å². The number of nitrogens with one attached hydrogen (secondary N) is 1. The first kappa shape index (κ1) is 20.3. The number of oxazole rings is 1. The Morgan fingerprint density at radius 3 is 2.43 bits per heavy atom. The van der Waals surface area contributed by atoms with Crippen molar-refractivity contribution < 1.29 is 9.21 Å². The van der Waals surface area contributed by atoms with Crippen molar-refractivity contribution in [1.29, 1.82) is 0 Å². The summed E-state index contributed by atoms with van der Waals surface area (Å²) in [7, 11) is 0. The predicted octanol–water partition coefficient (Wildman–Crippen LogP) is 5.54. The van der Waals surface area contributed by atoms with Crippen molar-refractivity contribution in [2.24, 2.45) is 0 Å². The Labute approximate surface area is 182 Å². The molecule has 0 aliphatic rings. The fourth-order valence-electron chi connectivity index (χ4n) is 2.89. The zero-order chi connectivity index (χ0) is 20.8. The van der Waals surface area contributed by atoms with Crippen molar-refractivity contribution >= 4 is 34.1 Å². The van der Waals surface area contributed by atoms with Gasteiger partial charge in [0.05, 0.1) is 0 Å². The number of carbonyl (C=O) groups excluding carboxylic acids is 1. The molecule has 6 nitrogen and oxygen atoms in total. The molecule has 2 aromatic carbocycles. The first-order valence-corrected chi connectivity index (χ1v) is 11.4. The number of thioether (sulfide) groups is 1. The molecule has 0 unspecified atom stereocenters. The average Bonchev–Trinajstić information content (AvgIpc) is 3.41. The minimum Gasteiger partial charge on any atom is -0.440 e. The lowest BCUT2D eigenvalue weighted by molar-refractivity contribution is -0.116. The number of aromatic nitrogens is 3. The molecule has 0 spiro atoms. The van der Waals surface area contributed by atoms with Crippen LogP contribution in [0.3, 0.4) is 0 Å². The Bertz CT molecular complexity index is 1050. The fourth-order valence-corrected chi connectivity index (χ4v) is 4.56. The second-order valence-electron chi connectivity index (χ2n) is 6.37. The highest BCUT2D eigenvalue weighted by atomic mass is 32.2. The van der Waals surface area contributed by atoms with Crippen LogP contribution in [0.15, 0.2) is 69.4 Å². The van der Waals surface area contributed by atoms with Crippen molar-refractivity contribution in [3.05, 3.63) is 66.6 Å². The summed E-state index contributed by atoms with van der Waals surface area (Å²) in [5.41, 5.74) is 2.71. The monoisotopic (exact) mass is 436 g/mol. The van der Waals surface area contributed by atoms with E-state index in [1.807, 2.05) is 67.6 Å². The van der Waals surface area contributed by atoms with Gasteiger partial charge in [0.25, 0.3) is 0 Å². The van der Waals surface area contributed by atoms with Crippen molar-refractivity contribution in [2.45, 2.75) is 24.1 Å². The lowest BCUT2D eigenvalue weighted by atomic mass is 10.1. The summed E-state index contributed by atoms with van der Waals surface area (Å²) < 4.78 is 6.92. The van der Waals surface area contributed by atoms with Crippen LogP contribution >= 0.6 is 23.1 Å². The van der Waals surface area contributed by atoms with Crippen LogP contribution in [0, 0.1) is 0 Å². The Kier molecular flexibility index (Phi) is 6.56. The maximum absolute atomic E-state index is 12.3. The van der Waals surface area contributed by atoms with E-state index in [4.69, 9.17) is 4.42 Å². The van der Waals surface area contributed by atoms with E-state index in [9.17, 15) is 4.79 Å². The molecule has 0 aliphatic heterocycles. The van der Waals surface area contributed by atoms with E-state index < -0.39 is 0 Å². The van der Waals surface area contributed by atoms with Gasteiger partial charge < -0.3 is 9.73 Å². The van der Waals surface area contributed by atoms with Crippen molar-refractivity contribution in [3.63, 3.8) is 0 Å². The number of hydrogen-bond acceptors (Lipinski definition) is 7. The Balaban J connectivity index is 1.49. The third kappa shape index (κ3) is 4.95. The van der Waals surface area contributed by atoms with Gasteiger partial charge in [0, 0.05) is 24.0 Å². The smallest absolute Gasteiger partial charge is 0.226 e. The van der Waals surface area contributed by atoms with Crippen LogP contribution in [0.25, 0.3) is 22.6 Å². The normalized spacial score (nSPS) is 10.8. The SMILES string of the molecule is CCSc1nnc(NC(=O)CCc2nc(-c3ccccc3)c(-c3ccccc3)o2)s1. The maximum atomic E-state index is 12.3. The van der Waals surface area contributed by atoms with Gasteiger partial charge in [-0.05, 0) is 5.75 Å². The summed E-state index contributed by atoms with van der Waals surface area (Å²) in [6, 6.07) is 19.8. The zero-order valence-corrected chi connectivity index (χ0v) is 18.0. The number of nitrogens with zero attached hydrogens (tertiary/aromatic N) is 3. The second-order valence-corrected chi connectivity index (χ2v) is 8.86. The molecule has 0 aliphatic carbocycles. The second kappa shape index (κ2) is 9.69. The molecule has 2 heterocycles. The van der Waals surface area contributed by atoms with Crippen LogP contribution in [-0.2, 0) is 11.2 Å². The van der Waals surface area contributed by atoms with Gasteiger partial charge >= 0.3 is 0 Å². The fraction of sp³-hybridized carbons (Fsp3) is 0.182. The number of aryl methyl sites for hydroxylation is 1. The number of anilines is 1. The van der Waals surface area contributed by atoms with Crippen LogP contribution in [0.2, 0.25) is 0 Å². The summed E-state index contributed by atoms with van der Waals surface area (Å²) >= 11 is 2.98. The summed E-state index contributed by atoms with van der Waals surface area (Å²) in [5, 5.41) is 11.4. The van der Waals surface area contributed by atoms with E-state index >= 15 is 0 Å². The molecular formula is C22H20N4O2S2. The molecule has 152 valence electrons. The number of amides is 1. The van der Waals surface area contributed by atoms with Crippen molar-refractivity contribution in [2.75, 3.05) is 11.1 Å². The van der Waals surface area contributed by atoms with Gasteiger partial charge in [-0.3, -0.25) is 4.79 Å². The molecule has 0 atom stereocenters.